The zero-order valence-corrected chi connectivity index (χ0v) is 20.8. The predicted octanol–water partition coefficient (Wildman–Crippen LogP) is 8.03. The molecule has 0 unspecified atom stereocenters. The minimum Gasteiger partial charge on any atom is -0.490 e. The van der Waals surface area contributed by atoms with Crippen LogP contribution in [0.15, 0.2) is 36.4 Å². The van der Waals surface area contributed by atoms with Crippen molar-refractivity contribution in [3.05, 3.63) is 42.0 Å². The van der Waals surface area contributed by atoms with E-state index in [1.54, 1.807) is 0 Å². The molecule has 0 atom stereocenters. The summed E-state index contributed by atoms with van der Waals surface area (Å²) < 4.78 is 6.41. The Morgan fingerprint density at radius 2 is 1.47 bits per heavy atom. The highest BCUT2D eigenvalue weighted by Crippen LogP contribution is 2.52. The van der Waals surface area contributed by atoms with Gasteiger partial charge in [0.2, 0.25) is 0 Å². The molecule has 32 heavy (non-hydrogen) atoms. The second kappa shape index (κ2) is 8.35. The van der Waals surface area contributed by atoms with Gasteiger partial charge in [-0.05, 0) is 115 Å². The van der Waals surface area contributed by atoms with Gasteiger partial charge in [0, 0.05) is 12.1 Å². The zero-order valence-electron chi connectivity index (χ0n) is 20.8. The fourth-order valence-electron chi connectivity index (χ4n) is 6.62. The Bertz CT molecular complexity index is 922. The molecule has 0 aromatic heterocycles. The van der Waals surface area contributed by atoms with Crippen molar-refractivity contribution >= 4 is 10.8 Å². The third kappa shape index (κ3) is 4.72. The van der Waals surface area contributed by atoms with Crippen molar-refractivity contribution in [1.29, 1.82) is 0 Å². The van der Waals surface area contributed by atoms with Gasteiger partial charge in [-0.3, -0.25) is 0 Å². The van der Waals surface area contributed by atoms with Gasteiger partial charge in [0.25, 0.3) is 0 Å². The molecular formula is C30H43NO. The first-order valence-electron chi connectivity index (χ1n) is 13.2. The summed E-state index contributed by atoms with van der Waals surface area (Å²) in [5, 5.41) is 6.59. The van der Waals surface area contributed by atoms with Crippen molar-refractivity contribution in [2.24, 2.45) is 16.7 Å². The summed E-state index contributed by atoms with van der Waals surface area (Å²) in [6.45, 7) is 10.6. The molecule has 0 saturated heterocycles. The number of benzene rings is 2. The summed E-state index contributed by atoms with van der Waals surface area (Å²) >= 11 is 0. The predicted molar refractivity (Wildman–Crippen MR) is 135 cm³/mol. The molecule has 0 amide bonds. The van der Waals surface area contributed by atoms with Gasteiger partial charge in [0.05, 0.1) is 6.10 Å². The highest BCUT2D eigenvalue weighted by atomic mass is 16.5. The highest BCUT2D eigenvalue weighted by molar-refractivity contribution is 5.84. The van der Waals surface area contributed by atoms with E-state index in [0.717, 1.165) is 18.2 Å². The summed E-state index contributed by atoms with van der Waals surface area (Å²) in [6.07, 6.45) is 13.6. The van der Waals surface area contributed by atoms with Crippen LogP contribution in [-0.2, 0) is 6.54 Å². The number of hydrogen-bond donors (Lipinski definition) is 1. The summed E-state index contributed by atoms with van der Waals surface area (Å²) in [6, 6.07) is 13.6. The van der Waals surface area contributed by atoms with E-state index >= 15 is 0 Å². The van der Waals surface area contributed by atoms with Crippen LogP contribution in [0.25, 0.3) is 10.8 Å². The van der Waals surface area contributed by atoms with Crippen LogP contribution in [0.1, 0.15) is 97.5 Å². The molecule has 2 aromatic carbocycles. The fraction of sp³-hybridized carbons (Fsp3) is 0.667. The standard InChI is InChI=1S/C30H43NO/c1-28(2,3)25-8-11-26(12-9-25)32-27-10-7-23-19-22(5-6-24(23)20-27)21-31-30-16-13-29(4,14-17-30)15-18-30/h5-7,10,19-20,25-26,31H,8-9,11-18,21H2,1-4H3. The van der Waals surface area contributed by atoms with Crippen molar-refractivity contribution < 1.29 is 4.74 Å². The van der Waals surface area contributed by atoms with E-state index in [4.69, 9.17) is 4.74 Å². The van der Waals surface area contributed by atoms with Crippen LogP contribution in [0.2, 0.25) is 0 Å². The quantitative estimate of drug-likeness (QED) is 0.515. The van der Waals surface area contributed by atoms with Crippen LogP contribution in [-0.4, -0.2) is 11.6 Å². The lowest BCUT2D eigenvalue weighted by Crippen LogP contribution is -2.53. The van der Waals surface area contributed by atoms with Crippen LogP contribution in [0.4, 0.5) is 0 Å². The second-order valence-electron chi connectivity index (χ2n) is 12.7. The molecule has 4 aliphatic carbocycles. The maximum Gasteiger partial charge on any atom is 0.120 e. The van der Waals surface area contributed by atoms with E-state index in [-0.39, 0.29) is 0 Å². The number of fused-ring (bicyclic) bond motifs is 4. The molecule has 1 N–H and O–H groups in total. The monoisotopic (exact) mass is 433 g/mol. The Hall–Kier alpha value is -1.54. The molecule has 6 rings (SSSR count). The Morgan fingerprint density at radius 3 is 2.12 bits per heavy atom. The topological polar surface area (TPSA) is 21.3 Å². The average Bonchev–Trinajstić information content (AvgIpc) is 2.78. The first kappa shape index (κ1) is 22.3. The van der Waals surface area contributed by atoms with Crippen LogP contribution < -0.4 is 10.1 Å². The van der Waals surface area contributed by atoms with E-state index in [2.05, 4.69) is 69.4 Å². The average molecular weight is 434 g/mol. The normalized spacial score (nSPS) is 32.9. The van der Waals surface area contributed by atoms with Crippen LogP contribution >= 0.6 is 0 Å². The maximum atomic E-state index is 6.41. The fourth-order valence-corrected chi connectivity index (χ4v) is 6.62. The first-order valence-corrected chi connectivity index (χ1v) is 13.2. The molecule has 174 valence electrons. The SMILES string of the molecule is CC12CCC(NCc3ccc4cc(OC5CCC(C(C)(C)C)CC5)ccc4c3)(CC1)CC2. The Balaban J connectivity index is 1.19. The molecule has 2 nitrogen and oxygen atoms in total. The third-order valence-electron chi connectivity index (χ3n) is 9.37. The number of rotatable bonds is 5. The van der Waals surface area contributed by atoms with Gasteiger partial charge in [0.1, 0.15) is 5.75 Å². The largest absolute Gasteiger partial charge is 0.490 e. The van der Waals surface area contributed by atoms with E-state index in [0.29, 0.717) is 22.5 Å². The molecule has 4 aliphatic rings. The lowest BCUT2D eigenvalue weighted by molar-refractivity contribution is 0.0360. The number of hydrogen-bond acceptors (Lipinski definition) is 2. The number of ether oxygens (including phenoxy) is 1. The summed E-state index contributed by atoms with van der Waals surface area (Å²) in [5.74, 6) is 1.87. The molecule has 2 heteroatoms. The molecule has 0 aliphatic heterocycles. The molecule has 4 fully saturated rings. The van der Waals surface area contributed by atoms with Gasteiger partial charge in [-0.2, -0.15) is 0 Å². The van der Waals surface area contributed by atoms with Gasteiger partial charge in [-0.25, -0.2) is 0 Å². The van der Waals surface area contributed by atoms with E-state index < -0.39 is 0 Å². The molecule has 0 radical (unpaired) electrons. The zero-order chi connectivity index (χ0) is 22.4. The Labute approximate surface area is 195 Å². The van der Waals surface area contributed by atoms with Crippen molar-refractivity contribution in [2.45, 2.75) is 110 Å². The summed E-state index contributed by atoms with van der Waals surface area (Å²) in [4.78, 5) is 0. The lowest BCUT2D eigenvalue weighted by atomic mass is 9.58. The Kier molecular flexibility index (Phi) is 5.81. The molecule has 2 bridgehead atoms. The summed E-state index contributed by atoms with van der Waals surface area (Å²) in [5.41, 5.74) is 2.86. The Morgan fingerprint density at radius 1 is 0.844 bits per heavy atom. The van der Waals surface area contributed by atoms with Crippen molar-refractivity contribution in [2.75, 3.05) is 0 Å². The van der Waals surface area contributed by atoms with Crippen molar-refractivity contribution in [3.63, 3.8) is 0 Å². The van der Waals surface area contributed by atoms with E-state index in [9.17, 15) is 0 Å². The minimum atomic E-state index is 0.377. The number of nitrogens with one attached hydrogen (secondary N) is 1. The van der Waals surface area contributed by atoms with Gasteiger partial charge in [-0.1, -0.05) is 45.9 Å². The lowest BCUT2D eigenvalue weighted by Gasteiger charge is -2.52. The molecular weight excluding hydrogens is 390 g/mol. The summed E-state index contributed by atoms with van der Waals surface area (Å²) in [7, 11) is 0. The van der Waals surface area contributed by atoms with E-state index in [1.807, 2.05) is 0 Å². The molecule has 2 aromatic rings. The molecule has 0 spiro atoms. The van der Waals surface area contributed by atoms with Gasteiger partial charge in [0.15, 0.2) is 0 Å². The third-order valence-corrected chi connectivity index (χ3v) is 9.37. The van der Waals surface area contributed by atoms with Crippen LogP contribution in [0.5, 0.6) is 5.75 Å². The van der Waals surface area contributed by atoms with Crippen LogP contribution in [0, 0.1) is 16.7 Å². The van der Waals surface area contributed by atoms with Crippen molar-refractivity contribution in [3.8, 4) is 5.75 Å². The molecule has 0 heterocycles. The van der Waals surface area contributed by atoms with Gasteiger partial charge >= 0.3 is 0 Å². The van der Waals surface area contributed by atoms with Gasteiger partial charge < -0.3 is 10.1 Å². The van der Waals surface area contributed by atoms with Gasteiger partial charge in [-0.15, -0.1) is 0 Å². The minimum absolute atomic E-state index is 0.377. The highest BCUT2D eigenvalue weighted by Gasteiger charge is 2.45. The molecule has 4 saturated carbocycles. The van der Waals surface area contributed by atoms with Crippen molar-refractivity contribution in [1.82, 2.24) is 5.32 Å². The van der Waals surface area contributed by atoms with E-state index in [1.165, 1.54) is 80.5 Å². The second-order valence-corrected chi connectivity index (χ2v) is 12.7. The van der Waals surface area contributed by atoms with Crippen LogP contribution in [0.3, 0.4) is 0 Å². The maximum absolute atomic E-state index is 6.41. The first-order chi connectivity index (χ1) is 15.2. The smallest absolute Gasteiger partial charge is 0.120 e.